The van der Waals surface area contributed by atoms with Crippen LogP contribution < -0.4 is 0 Å². The average molecular weight is 258 g/mol. The first-order chi connectivity index (χ1) is 9.16. The number of likely N-dealkylation sites (tertiary alicyclic amines) is 1. The maximum Gasteiger partial charge on any atom is 0.273 e. The summed E-state index contributed by atoms with van der Waals surface area (Å²) in [6, 6.07) is 9.37. The van der Waals surface area contributed by atoms with E-state index >= 15 is 0 Å². The maximum absolute atomic E-state index is 12.4. The van der Waals surface area contributed by atoms with E-state index in [-0.39, 0.29) is 19.0 Å². The largest absolute Gasteiger partial charge is 0.388 e. The molecule has 0 saturated carbocycles. The van der Waals surface area contributed by atoms with Crippen molar-refractivity contribution in [2.75, 3.05) is 13.1 Å². The summed E-state index contributed by atoms with van der Waals surface area (Å²) in [5.74, 6) is -0.257. The van der Waals surface area contributed by atoms with Crippen LogP contribution in [0.15, 0.2) is 36.5 Å². The number of fused-ring (bicyclic) bond motifs is 1. The minimum Gasteiger partial charge on any atom is -0.388 e. The summed E-state index contributed by atoms with van der Waals surface area (Å²) >= 11 is 0. The third kappa shape index (κ3) is 2.07. The van der Waals surface area contributed by atoms with Gasteiger partial charge in [0.25, 0.3) is 5.91 Å². The van der Waals surface area contributed by atoms with Crippen molar-refractivity contribution in [1.82, 2.24) is 9.88 Å². The number of hydrogen-bond acceptors (Lipinski definition) is 4. The van der Waals surface area contributed by atoms with Crippen LogP contribution in [0, 0.1) is 0 Å². The van der Waals surface area contributed by atoms with Crippen LogP contribution in [-0.4, -0.2) is 51.3 Å². The number of carbonyl (C=O) groups is 1. The maximum atomic E-state index is 12.4. The summed E-state index contributed by atoms with van der Waals surface area (Å²) in [4.78, 5) is 18.0. The zero-order chi connectivity index (χ0) is 13.4. The van der Waals surface area contributed by atoms with Crippen molar-refractivity contribution < 1.29 is 15.0 Å². The van der Waals surface area contributed by atoms with E-state index in [1.807, 2.05) is 30.3 Å². The molecule has 1 amide bonds. The Balaban J connectivity index is 1.98. The molecule has 2 N–H and O–H groups in total. The number of hydrogen-bond donors (Lipinski definition) is 2. The molecule has 1 aromatic carbocycles. The SMILES string of the molecule is O=C(c1nccc2ccccc12)N1C[C@@H](O)[C@@H](O)C1. The van der Waals surface area contributed by atoms with Gasteiger partial charge in [0.15, 0.2) is 0 Å². The van der Waals surface area contributed by atoms with Crippen molar-refractivity contribution in [3.05, 3.63) is 42.2 Å². The molecular formula is C14H14N2O3. The van der Waals surface area contributed by atoms with Crippen LogP contribution in [0.25, 0.3) is 10.8 Å². The lowest BCUT2D eigenvalue weighted by molar-refractivity contribution is 0.0572. The lowest BCUT2D eigenvalue weighted by Crippen LogP contribution is -2.30. The van der Waals surface area contributed by atoms with Crippen molar-refractivity contribution in [2.24, 2.45) is 0 Å². The molecule has 2 atom stereocenters. The highest BCUT2D eigenvalue weighted by Crippen LogP contribution is 2.20. The molecule has 0 radical (unpaired) electrons. The number of rotatable bonds is 1. The van der Waals surface area contributed by atoms with Crippen LogP contribution in [0.1, 0.15) is 10.5 Å². The number of amides is 1. The van der Waals surface area contributed by atoms with Crippen LogP contribution >= 0.6 is 0 Å². The molecule has 1 fully saturated rings. The second-order valence-electron chi connectivity index (χ2n) is 4.73. The van der Waals surface area contributed by atoms with Gasteiger partial charge in [-0.15, -0.1) is 0 Å². The second-order valence-corrected chi connectivity index (χ2v) is 4.73. The van der Waals surface area contributed by atoms with Gasteiger partial charge in [-0.05, 0) is 11.5 Å². The summed E-state index contributed by atoms with van der Waals surface area (Å²) in [6.45, 7) is 0.288. The first-order valence-electron chi connectivity index (χ1n) is 6.16. The molecule has 5 nitrogen and oxygen atoms in total. The first kappa shape index (κ1) is 12.1. The molecule has 0 bridgehead atoms. The predicted octanol–water partition coefficient (Wildman–Crippen LogP) is 0.412. The van der Waals surface area contributed by atoms with Crippen molar-refractivity contribution in [3.63, 3.8) is 0 Å². The van der Waals surface area contributed by atoms with Crippen molar-refractivity contribution in [1.29, 1.82) is 0 Å². The number of β-amino-alcohol motifs (C(OH)–C–C–N with tert-alkyl or cyclic N) is 2. The summed E-state index contributed by atoms with van der Waals surface area (Å²) in [5.41, 5.74) is 0.361. The van der Waals surface area contributed by atoms with E-state index in [1.165, 1.54) is 4.90 Å². The number of nitrogens with zero attached hydrogens (tertiary/aromatic N) is 2. The van der Waals surface area contributed by atoms with Crippen LogP contribution in [0.4, 0.5) is 0 Å². The predicted molar refractivity (Wildman–Crippen MR) is 69.7 cm³/mol. The van der Waals surface area contributed by atoms with Gasteiger partial charge in [0.1, 0.15) is 5.69 Å². The standard InChI is InChI=1S/C14H14N2O3/c17-11-7-16(8-12(11)18)14(19)13-10-4-2-1-3-9(10)5-6-15-13/h1-6,11-12,17-18H,7-8H2/t11-,12+. The van der Waals surface area contributed by atoms with Gasteiger partial charge in [-0.1, -0.05) is 24.3 Å². The minimum absolute atomic E-state index is 0.144. The fourth-order valence-electron chi connectivity index (χ4n) is 2.38. The van der Waals surface area contributed by atoms with E-state index in [9.17, 15) is 15.0 Å². The Kier molecular flexibility index (Phi) is 2.93. The van der Waals surface area contributed by atoms with Crippen molar-refractivity contribution in [2.45, 2.75) is 12.2 Å². The quantitative estimate of drug-likeness (QED) is 0.777. The van der Waals surface area contributed by atoms with Gasteiger partial charge in [0.05, 0.1) is 12.2 Å². The van der Waals surface area contributed by atoms with E-state index in [0.29, 0.717) is 5.69 Å². The normalized spacial score (nSPS) is 22.9. The monoisotopic (exact) mass is 258 g/mol. The first-order valence-corrected chi connectivity index (χ1v) is 6.16. The van der Waals surface area contributed by atoms with Gasteiger partial charge in [0, 0.05) is 24.7 Å². The molecule has 0 spiro atoms. The van der Waals surface area contributed by atoms with Gasteiger partial charge in [0.2, 0.25) is 0 Å². The Morgan fingerprint density at radius 3 is 2.58 bits per heavy atom. The van der Waals surface area contributed by atoms with Crippen LogP contribution in [0.3, 0.4) is 0 Å². The number of aliphatic hydroxyl groups excluding tert-OH is 2. The Morgan fingerprint density at radius 1 is 1.16 bits per heavy atom. The average Bonchev–Trinajstić information content (AvgIpc) is 2.77. The fraction of sp³-hybridized carbons (Fsp3) is 0.286. The third-order valence-corrected chi connectivity index (χ3v) is 3.42. The van der Waals surface area contributed by atoms with Crippen LogP contribution in [0.5, 0.6) is 0 Å². The van der Waals surface area contributed by atoms with Crippen molar-refractivity contribution in [3.8, 4) is 0 Å². The van der Waals surface area contributed by atoms with Gasteiger partial charge < -0.3 is 15.1 Å². The highest BCUT2D eigenvalue weighted by Gasteiger charge is 2.33. The number of aromatic nitrogens is 1. The Labute approximate surface area is 110 Å². The Bertz CT molecular complexity index is 614. The second kappa shape index (κ2) is 4.60. The molecule has 0 unspecified atom stereocenters. The minimum atomic E-state index is -0.876. The molecule has 1 saturated heterocycles. The zero-order valence-electron chi connectivity index (χ0n) is 10.2. The molecule has 19 heavy (non-hydrogen) atoms. The number of pyridine rings is 1. The molecule has 1 aliphatic heterocycles. The summed E-state index contributed by atoms with van der Waals surface area (Å²) in [7, 11) is 0. The topological polar surface area (TPSA) is 73.7 Å². The van der Waals surface area contributed by atoms with E-state index in [4.69, 9.17) is 0 Å². The molecule has 5 heteroatoms. The van der Waals surface area contributed by atoms with Crippen LogP contribution in [-0.2, 0) is 0 Å². The van der Waals surface area contributed by atoms with Gasteiger partial charge in [-0.2, -0.15) is 0 Å². The van der Waals surface area contributed by atoms with Crippen molar-refractivity contribution >= 4 is 16.7 Å². The fourth-order valence-corrected chi connectivity index (χ4v) is 2.38. The number of benzene rings is 1. The van der Waals surface area contributed by atoms with E-state index in [1.54, 1.807) is 6.20 Å². The van der Waals surface area contributed by atoms with Gasteiger partial charge in [-0.3, -0.25) is 9.78 Å². The molecular weight excluding hydrogens is 244 g/mol. The highest BCUT2D eigenvalue weighted by molar-refractivity contribution is 6.05. The molecule has 1 aromatic heterocycles. The number of aliphatic hydroxyl groups is 2. The molecule has 0 aliphatic carbocycles. The molecule has 98 valence electrons. The molecule has 3 rings (SSSR count). The zero-order valence-corrected chi connectivity index (χ0v) is 10.2. The Morgan fingerprint density at radius 2 is 1.84 bits per heavy atom. The third-order valence-electron chi connectivity index (χ3n) is 3.42. The lowest BCUT2D eigenvalue weighted by Gasteiger charge is -2.15. The molecule has 2 heterocycles. The van der Waals surface area contributed by atoms with E-state index in [2.05, 4.69) is 4.98 Å². The van der Waals surface area contributed by atoms with Crippen LogP contribution in [0.2, 0.25) is 0 Å². The summed E-state index contributed by atoms with van der Waals surface area (Å²) < 4.78 is 0. The smallest absolute Gasteiger partial charge is 0.273 e. The summed E-state index contributed by atoms with van der Waals surface area (Å²) in [6.07, 6.45) is -0.156. The highest BCUT2D eigenvalue weighted by atomic mass is 16.3. The Hall–Kier alpha value is -1.98. The lowest BCUT2D eigenvalue weighted by atomic mass is 10.1. The molecule has 2 aromatic rings. The van der Waals surface area contributed by atoms with E-state index in [0.717, 1.165) is 10.8 Å². The summed E-state index contributed by atoms with van der Waals surface area (Å²) in [5, 5.41) is 20.8. The van der Waals surface area contributed by atoms with Gasteiger partial charge in [-0.25, -0.2) is 0 Å². The van der Waals surface area contributed by atoms with E-state index < -0.39 is 12.2 Å². The molecule has 1 aliphatic rings. The van der Waals surface area contributed by atoms with Gasteiger partial charge >= 0.3 is 0 Å². The number of carbonyl (C=O) groups excluding carboxylic acids is 1.